The fourth-order valence-electron chi connectivity index (χ4n) is 4.02. The van der Waals surface area contributed by atoms with Gasteiger partial charge < -0.3 is 19.7 Å². The SMILES string of the molecule is O=C(Cc1ccc2c(c1)OCCO2)Nc1ccc2c(c1)N(C(=O)C1CC1)CCC2. The number of benzene rings is 2. The summed E-state index contributed by atoms with van der Waals surface area (Å²) in [5, 5.41) is 2.98. The van der Waals surface area contributed by atoms with Crippen LogP contribution in [-0.2, 0) is 22.4 Å². The van der Waals surface area contributed by atoms with Crippen LogP contribution in [0.1, 0.15) is 30.4 Å². The first-order chi connectivity index (χ1) is 14.2. The number of aryl methyl sites for hydroxylation is 1. The molecule has 0 unspecified atom stereocenters. The average molecular weight is 392 g/mol. The Kier molecular flexibility index (Phi) is 4.62. The average Bonchev–Trinajstić information content (AvgIpc) is 3.58. The van der Waals surface area contributed by atoms with E-state index < -0.39 is 0 Å². The van der Waals surface area contributed by atoms with Gasteiger partial charge in [0.2, 0.25) is 11.8 Å². The van der Waals surface area contributed by atoms with Crippen molar-refractivity contribution in [1.29, 1.82) is 0 Å². The smallest absolute Gasteiger partial charge is 0.230 e. The van der Waals surface area contributed by atoms with E-state index in [-0.39, 0.29) is 24.2 Å². The largest absolute Gasteiger partial charge is 0.486 e. The molecule has 5 rings (SSSR count). The normalized spacial score (nSPS) is 17.4. The molecule has 1 saturated carbocycles. The van der Waals surface area contributed by atoms with Gasteiger partial charge in [-0.2, -0.15) is 0 Å². The number of fused-ring (bicyclic) bond motifs is 2. The van der Waals surface area contributed by atoms with E-state index in [4.69, 9.17) is 9.47 Å². The Labute approximate surface area is 169 Å². The molecule has 150 valence electrons. The van der Waals surface area contributed by atoms with Gasteiger partial charge in [0.25, 0.3) is 0 Å². The second-order valence-electron chi connectivity index (χ2n) is 7.91. The third-order valence-corrected chi connectivity index (χ3v) is 5.65. The van der Waals surface area contributed by atoms with Gasteiger partial charge in [-0.15, -0.1) is 0 Å². The molecule has 0 spiro atoms. The summed E-state index contributed by atoms with van der Waals surface area (Å²) in [7, 11) is 0. The standard InChI is InChI=1S/C23H24N2O4/c26-22(13-15-3-8-20-21(12-15)29-11-10-28-20)24-18-7-6-16-2-1-9-25(19(16)14-18)23(27)17-4-5-17/h3,6-8,12,14,17H,1-2,4-5,9-11,13H2,(H,24,26). The quantitative estimate of drug-likeness (QED) is 0.867. The van der Waals surface area contributed by atoms with Crippen LogP contribution in [-0.4, -0.2) is 31.6 Å². The van der Waals surface area contributed by atoms with E-state index in [2.05, 4.69) is 5.32 Å². The molecule has 2 aromatic rings. The van der Waals surface area contributed by atoms with Crippen molar-refractivity contribution >= 4 is 23.2 Å². The Morgan fingerprint density at radius 2 is 1.86 bits per heavy atom. The Morgan fingerprint density at radius 1 is 1.03 bits per heavy atom. The molecule has 0 aromatic heterocycles. The molecule has 2 aliphatic heterocycles. The fraction of sp³-hybridized carbons (Fsp3) is 0.391. The summed E-state index contributed by atoms with van der Waals surface area (Å²) in [5.74, 6) is 1.72. The molecule has 1 N–H and O–H groups in total. The van der Waals surface area contributed by atoms with Gasteiger partial charge in [0.05, 0.1) is 6.42 Å². The van der Waals surface area contributed by atoms with E-state index in [0.717, 1.165) is 54.9 Å². The fourth-order valence-corrected chi connectivity index (χ4v) is 4.02. The van der Waals surface area contributed by atoms with Gasteiger partial charge in [0.15, 0.2) is 11.5 Å². The topological polar surface area (TPSA) is 67.9 Å². The molecule has 29 heavy (non-hydrogen) atoms. The molecule has 0 saturated heterocycles. The van der Waals surface area contributed by atoms with Crippen molar-refractivity contribution in [2.75, 3.05) is 30.0 Å². The predicted molar refractivity (Wildman–Crippen MR) is 110 cm³/mol. The van der Waals surface area contributed by atoms with Gasteiger partial charge in [0.1, 0.15) is 13.2 Å². The third kappa shape index (κ3) is 3.79. The van der Waals surface area contributed by atoms with E-state index in [1.807, 2.05) is 41.3 Å². The monoisotopic (exact) mass is 392 g/mol. The number of carbonyl (C=O) groups excluding carboxylic acids is 2. The third-order valence-electron chi connectivity index (χ3n) is 5.65. The maximum atomic E-state index is 12.6. The Hall–Kier alpha value is -3.02. The first kappa shape index (κ1) is 18.0. The number of nitrogens with zero attached hydrogens (tertiary/aromatic N) is 1. The van der Waals surface area contributed by atoms with Gasteiger partial charge in [-0.1, -0.05) is 12.1 Å². The maximum absolute atomic E-state index is 12.6. The predicted octanol–water partition coefficient (Wildman–Crippen LogP) is 3.33. The van der Waals surface area contributed by atoms with Crippen molar-refractivity contribution < 1.29 is 19.1 Å². The zero-order valence-corrected chi connectivity index (χ0v) is 16.3. The number of hydrogen-bond acceptors (Lipinski definition) is 4. The lowest BCUT2D eigenvalue weighted by molar-refractivity contribution is -0.120. The van der Waals surface area contributed by atoms with Crippen LogP contribution in [0, 0.1) is 5.92 Å². The van der Waals surface area contributed by atoms with Gasteiger partial charge in [-0.25, -0.2) is 0 Å². The first-order valence-electron chi connectivity index (χ1n) is 10.3. The van der Waals surface area contributed by atoms with Crippen molar-refractivity contribution in [1.82, 2.24) is 0 Å². The van der Waals surface area contributed by atoms with Crippen LogP contribution in [0.15, 0.2) is 36.4 Å². The summed E-state index contributed by atoms with van der Waals surface area (Å²) in [6.45, 7) is 1.83. The zero-order valence-electron chi connectivity index (χ0n) is 16.3. The molecular formula is C23H24N2O4. The van der Waals surface area contributed by atoms with E-state index in [0.29, 0.717) is 19.0 Å². The summed E-state index contributed by atoms with van der Waals surface area (Å²) in [4.78, 5) is 27.1. The minimum Gasteiger partial charge on any atom is -0.486 e. The lowest BCUT2D eigenvalue weighted by atomic mass is 10.0. The number of carbonyl (C=O) groups is 2. The lowest BCUT2D eigenvalue weighted by Crippen LogP contribution is -2.36. The highest BCUT2D eigenvalue weighted by molar-refractivity contribution is 5.99. The lowest BCUT2D eigenvalue weighted by Gasteiger charge is -2.30. The Balaban J connectivity index is 1.30. The molecule has 1 aliphatic carbocycles. The van der Waals surface area contributed by atoms with Crippen LogP contribution < -0.4 is 19.7 Å². The van der Waals surface area contributed by atoms with Gasteiger partial charge in [0, 0.05) is 23.8 Å². The second kappa shape index (κ2) is 7.43. The first-order valence-corrected chi connectivity index (χ1v) is 10.3. The Bertz CT molecular complexity index is 967. The number of hydrogen-bond donors (Lipinski definition) is 1. The summed E-state index contributed by atoms with van der Waals surface area (Å²) in [6, 6.07) is 11.5. The van der Waals surface area contributed by atoms with Gasteiger partial charge in [-0.05, 0) is 61.1 Å². The van der Waals surface area contributed by atoms with Crippen molar-refractivity contribution in [3.05, 3.63) is 47.5 Å². The molecule has 6 nitrogen and oxygen atoms in total. The van der Waals surface area contributed by atoms with Crippen molar-refractivity contribution in [2.45, 2.75) is 32.1 Å². The minimum absolute atomic E-state index is 0.0995. The number of anilines is 2. The molecule has 3 aliphatic rings. The molecule has 6 heteroatoms. The van der Waals surface area contributed by atoms with Crippen molar-refractivity contribution in [2.24, 2.45) is 5.92 Å². The van der Waals surface area contributed by atoms with E-state index in [1.165, 1.54) is 5.56 Å². The highest BCUT2D eigenvalue weighted by Crippen LogP contribution is 2.37. The molecule has 0 radical (unpaired) electrons. The van der Waals surface area contributed by atoms with Crippen LogP contribution in [0.3, 0.4) is 0 Å². The minimum atomic E-state index is -0.0995. The van der Waals surface area contributed by atoms with E-state index >= 15 is 0 Å². The summed E-state index contributed by atoms with van der Waals surface area (Å²) in [6.07, 6.45) is 4.20. The van der Waals surface area contributed by atoms with Crippen molar-refractivity contribution in [3.63, 3.8) is 0 Å². The molecule has 0 bridgehead atoms. The molecule has 0 atom stereocenters. The highest BCUT2D eigenvalue weighted by Gasteiger charge is 2.35. The van der Waals surface area contributed by atoms with Crippen LogP contribution in [0.25, 0.3) is 0 Å². The number of rotatable bonds is 4. The molecule has 2 amide bonds. The molecule has 1 fully saturated rings. The molecule has 2 aromatic carbocycles. The van der Waals surface area contributed by atoms with Crippen LogP contribution >= 0.6 is 0 Å². The van der Waals surface area contributed by atoms with Crippen LogP contribution in [0.2, 0.25) is 0 Å². The number of ether oxygens (including phenoxy) is 2. The number of nitrogens with one attached hydrogen (secondary N) is 1. The highest BCUT2D eigenvalue weighted by atomic mass is 16.6. The van der Waals surface area contributed by atoms with Crippen LogP contribution in [0.5, 0.6) is 11.5 Å². The van der Waals surface area contributed by atoms with E-state index in [1.54, 1.807) is 0 Å². The summed E-state index contributed by atoms with van der Waals surface area (Å²) in [5.41, 5.74) is 3.72. The van der Waals surface area contributed by atoms with Gasteiger partial charge in [-0.3, -0.25) is 9.59 Å². The zero-order chi connectivity index (χ0) is 19.8. The maximum Gasteiger partial charge on any atom is 0.230 e. The Morgan fingerprint density at radius 3 is 2.69 bits per heavy atom. The second-order valence-corrected chi connectivity index (χ2v) is 7.91. The molecule has 2 heterocycles. The molecular weight excluding hydrogens is 368 g/mol. The van der Waals surface area contributed by atoms with Crippen molar-refractivity contribution in [3.8, 4) is 11.5 Å². The summed E-state index contributed by atoms with van der Waals surface area (Å²) >= 11 is 0. The number of amides is 2. The summed E-state index contributed by atoms with van der Waals surface area (Å²) < 4.78 is 11.1. The van der Waals surface area contributed by atoms with Gasteiger partial charge >= 0.3 is 0 Å². The van der Waals surface area contributed by atoms with Crippen LogP contribution in [0.4, 0.5) is 11.4 Å². The van der Waals surface area contributed by atoms with E-state index in [9.17, 15) is 9.59 Å².